The van der Waals surface area contributed by atoms with Gasteiger partial charge in [0.1, 0.15) is 11.5 Å². The van der Waals surface area contributed by atoms with Crippen LogP contribution in [0.3, 0.4) is 0 Å². The molecule has 2 aromatic rings. The van der Waals surface area contributed by atoms with Crippen LogP contribution >= 0.6 is 0 Å². The number of methoxy groups -OCH3 is 2. The molecule has 0 aliphatic carbocycles. The lowest BCUT2D eigenvalue weighted by Crippen LogP contribution is -2.31. The van der Waals surface area contributed by atoms with Crippen LogP contribution in [0, 0.1) is 6.92 Å². The summed E-state index contributed by atoms with van der Waals surface area (Å²) in [5, 5.41) is 11.1. The molecule has 1 aliphatic heterocycles. The summed E-state index contributed by atoms with van der Waals surface area (Å²) < 4.78 is 10.3. The van der Waals surface area contributed by atoms with Crippen LogP contribution in [0.25, 0.3) is 5.76 Å². The summed E-state index contributed by atoms with van der Waals surface area (Å²) in [7, 11) is 3.16. The van der Waals surface area contributed by atoms with Crippen molar-refractivity contribution in [1.29, 1.82) is 0 Å². The van der Waals surface area contributed by atoms with E-state index < -0.39 is 17.7 Å². The number of amides is 1. The first-order chi connectivity index (χ1) is 14.0. The minimum Gasteiger partial charge on any atom is -0.507 e. The number of likely N-dealkylation sites (tertiary alicyclic amines) is 1. The lowest BCUT2D eigenvalue weighted by atomic mass is 9.94. The van der Waals surface area contributed by atoms with Crippen molar-refractivity contribution in [3.05, 3.63) is 70.8 Å². The normalized spacial score (nSPS) is 18.3. The summed E-state index contributed by atoms with van der Waals surface area (Å²) >= 11 is 0. The molecule has 2 aromatic carbocycles. The Hall–Kier alpha value is -3.12. The van der Waals surface area contributed by atoms with E-state index in [2.05, 4.69) is 0 Å². The zero-order valence-electron chi connectivity index (χ0n) is 16.8. The molecule has 1 aliphatic rings. The number of ketones is 1. The Balaban J connectivity index is 2.12. The lowest BCUT2D eigenvalue weighted by Gasteiger charge is -2.25. The van der Waals surface area contributed by atoms with Crippen molar-refractivity contribution in [3.8, 4) is 5.75 Å². The smallest absolute Gasteiger partial charge is 0.295 e. The summed E-state index contributed by atoms with van der Waals surface area (Å²) in [4.78, 5) is 27.2. The fourth-order valence-corrected chi connectivity index (χ4v) is 3.65. The van der Waals surface area contributed by atoms with Gasteiger partial charge < -0.3 is 19.5 Å². The average molecular weight is 395 g/mol. The summed E-state index contributed by atoms with van der Waals surface area (Å²) in [5.41, 5.74) is 2.13. The predicted octanol–water partition coefficient (Wildman–Crippen LogP) is 3.46. The molecule has 6 heteroatoms. The van der Waals surface area contributed by atoms with Crippen LogP contribution in [0.1, 0.15) is 29.2 Å². The molecule has 0 saturated carbocycles. The summed E-state index contributed by atoms with van der Waals surface area (Å²) in [6.07, 6.45) is 0.592. The second-order valence-corrected chi connectivity index (χ2v) is 6.93. The molecular weight excluding hydrogens is 370 g/mol. The Morgan fingerprint density at radius 3 is 2.45 bits per heavy atom. The molecule has 0 bridgehead atoms. The maximum atomic E-state index is 12.9. The van der Waals surface area contributed by atoms with Crippen LogP contribution in [0.2, 0.25) is 0 Å². The summed E-state index contributed by atoms with van der Waals surface area (Å²) in [5.74, 6) is -0.808. The first-order valence-electron chi connectivity index (χ1n) is 9.47. The van der Waals surface area contributed by atoms with Gasteiger partial charge in [0.2, 0.25) is 0 Å². The molecule has 29 heavy (non-hydrogen) atoms. The van der Waals surface area contributed by atoms with Gasteiger partial charge in [-0.25, -0.2) is 0 Å². The van der Waals surface area contributed by atoms with Crippen LogP contribution in [-0.2, 0) is 14.3 Å². The molecule has 0 spiro atoms. The standard InChI is InChI=1S/C23H25NO5/c1-15-14-17(29-3)10-11-18(15)21(25)19-20(16-8-5-4-6-9-16)24(12-7-13-28-2)23(27)22(19)26/h4-6,8-11,14,20,25H,7,12-13H2,1-3H3. The highest BCUT2D eigenvalue weighted by Gasteiger charge is 2.45. The fraction of sp³-hybridized carbons (Fsp3) is 0.304. The first kappa shape index (κ1) is 20.6. The van der Waals surface area contributed by atoms with E-state index in [1.54, 1.807) is 32.4 Å². The molecule has 1 amide bonds. The van der Waals surface area contributed by atoms with Crippen molar-refractivity contribution < 1.29 is 24.2 Å². The maximum absolute atomic E-state index is 12.9. The molecule has 1 fully saturated rings. The Morgan fingerprint density at radius 2 is 1.83 bits per heavy atom. The molecule has 6 nitrogen and oxygen atoms in total. The van der Waals surface area contributed by atoms with Crippen LogP contribution in [0.15, 0.2) is 54.1 Å². The second-order valence-electron chi connectivity index (χ2n) is 6.93. The maximum Gasteiger partial charge on any atom is 0.295 e. The number of aryl methyl sites for hydroxylation is 1. The molecule has 1 saturated heterocycles. The molecule has 1 unspecified atom stereocenters. The Labute approximate surface area is 170 Å². The largest absolute Gasteiger partial charge is 0.507 e. The number of aliphatic hydroxyl groups excluding tert-OH is 1. The zero-order valence-corrected chi connectivity index (χ0v) is 16.8. The van der Waals surface area contributed by atoms with Crippen molar-refractivity contribution >= 4 is 17.4 Å². The van der Waals surface area contributed by atoms with Crippen LogP contribution < -0.4 is 4.74 Å². The molecule has 1 atom stereocenters. The van der Waals surface area contributed by atoms with Crippen molar-refractivity contribution in [2.45, 2.75) is 19.4 Å². The predicted molar refractivity (Wildman–Crippen MR) is 110 cm³/mol. The van der Waals surface area contributed by atoms with Gasteiger partial charge in [-0.1, -0.05) is 30.3 Å². The number of carbonyl (C=O) groups excluding carboxylic acids is 2. The fourth-order valence-electron chi connectivity index (χ4n) is 3.65. The lowest BCUT2D eigenvalue weighted by molar-refractivity contribution is -0.140. The van der Waals surface area contributed by atoms with Crippen molar-refractivity contribution in [2.24, 2.45) is 0 Å². The highest BCUT2D eigenvalue weighted by atomic mass is 16.5. The zero-order chi connectivity index (χ0) is 21.0. The van der Waals surface area contributed by atoms with Crippen LogP contribution in [-0.4, -0.2) is 49.1 Å². The Kier molecular flexibility index (Phi) is 6.34. The highest BCUT2D eigenvalue weighted by Crippen LogP contribution is 2.40. The van der Waals surface area contributed by atoms with Crippen molar-refractivity contribution in [3.63, 3.8) is 0 Å². The summed E-state index contributed by atoms with van der Waals surface area (Å²) in [6.45, 7) is 2.65. The number of rotatable bonds is 7. The van der Waals surface area contributed by atoms with Gasteiger partial charge in [0, 0.05) is 25.8 Å². The molecule has 1 N–H and O–H groups in total. The minimum atomic E-state index is -0.677. The number of hydrogen-bond donors (Lipinski definition) is 1. The number of ether oxygens (including phenoxy) is 2. The molecule has 0 aromatic heterocycles. The first-order valence-corrected chi connectivity index (χ1v) is 9.47. The number of hydrogen-bond acceptors (Lipinski definition) is 5. The van der Waals surface area contributed by atoms with Gasteiger partial charge in [0.05, 0.1) is 18.7 Å². The minimum absolute atomic E-state index is 0.104. The van der Waals surface area contributed by atoms with Gasteiger partial charge in [0.15, 0.2) is 0 Å². The number of carbonyl (C=O) groups is 2. The van der Waals surface area contributed by atoms with Gasteiger partial charge in [-0.3, -0.25) is 9.59 Å². The third-order valence-corrected chi connectivity index (χ3v) is 5.09. The monoisotopic (exact) mass is 395 g/mol. The van der Waals surface area contributed by atoms with E-state index in [1.807, 2.05) is 37.3 Å². The van der Waals surface area contributed by atoms with Crippen molar-refractivity contribution in [1.82, 2.24) is 4.90 Å². The number of nitrogens with zero attached hydrogens (tertiary/aromatic N) is 1. The third kappa shape index (κ3) is 4.03. The van der Waals surface area contributed by atoms with E-state index >= 15 is 0 Å². The topological polar surface area (TPSA) is 76.1 Å². The van der Waals surface area contributed by atoms with Crippen LogP contribution in [0.5, 0.6) is 5.75 Å². The average Bonchev–Trinajstić information content (AvgIpc) is 2.99. The van der Waals surface area contributed by atoms with Gasteiger partial charge in [-0.15, -0.1) is 0 Å². The van der Waals surface area contributed by atoms with Gasteiger partial charge in [-0.2, -0.15) is 0 Å². The number of Topliss-reactive ketones (excluding diaryl/α,β-unsaturated/α-hetero) is 1. The van der Waals surface area contributed by atoms with E-state index in [0.29, 0.717) is 30.9 Å². The Morgan fingerprint density at radius 1 is 1.10 bits per heavy atom. The van der Waals surface area contributed by atoms with Gasteiger partial charge in [0.25, 0.3) is 11.7 Å². The number of benzene rings is 2. The summed E-state index contributed by atoms with van der Waals surface area (Å²) in [6, 6.07) is 13.8. The van der Waals surface area contributed by atoms with E-state index in [4.69, 9.17) is 9.47 Å². The molecular formula is C23H25NO5. The molecule has 1 heterocycles. The third-order valence-electron chi connectivity index (χ3n) is 5.09. The SMILES string of the molecule is COCCCN1C(=O)C(=O)C(=C(O)c2ccc(OC)cc2C)C1c1ccccc1. The van der Waals surface area contributed by atoms with E-state index in [-0.39, 0.29) is 11.3 Å². The quantitative estimate of drug-likeness (QED) is 0.336. The number of aliphatic hydroxyl groups is 1. The van der Waals surface area contributed by atoms with Gasteiger partial charge >= 0.3 is 0 Å². The van der Waals surface area contributed by atoms with Crippen LogP contribution in [0.4, 0.5) is 0 Å². The van der Waals surface area contributed by atoms with E-state index in [1.165, 1.54) is 4.90 Å². The van der Waals surface area contributed by atoms with E-state index in [9.17, 15) is 14.7 Å². The molecule has 3 rings (SSSR count). The second kappa shape index (κ2) is 8.92. The van der Waals surface area contributed by atoms with E-state index in [0.717, 1.165) is 11.1 Å². The van der Waals surface area contributed by atoms with Gasteiger partial charge in [-0.05, 0) is 42.7 Å². The molecule has 0 radical (unpaired) electrons. The molecule has 152 valence electrons. The highest BCUT2D eigenvalue weighted by molar-refractivity contribution is 6.46. The Bertz CT molecular complexity index is 936. The van der Waals surface area contributed by atoms with Crippen molar-refractivity contribution in [2.75, 3.05) is 27.4 Å².